The van der Waals surface area contributed by atoms with Crippen LogP contribution in [0.15, 0.2) is 42.7 Å². The molecule has 0 spiro atoms. The Labute approximate surface area is 208 Å². The number of benzene rings is 1. The molecule has 0 amide bonds. The molecule has 2 heterocycles. The number of ether oxygens (including phenoxy) is 2. The zero-order valence-electron chi connectivity index (χ0n) is 20.3. The molecule has 0 radical (unpaired) electrons. The Morgan fingerprint density at radius 3 is 2.61 bits per heavy atom. The van der Waals surface area contributed by atoms with E-state index in [0.717, 1.165) is 12.8 Å². The quantitative estimate of drug-likeness (QED) is 0.277. The SMILES string of the molecule is COc1cc(Nc2nccc(Nc3cnc(O[C@H]4CCCC[C@H]4O)c(F)c3)n2)ccc1OON(C)C. The van der Waals surface area contributed by atoms with Crippen molar-refractivity contribution in [1.29, 1.82) is 0 Å². The number of anilines is 4. The number of hydrogen-bond donors (Lipinski definition) is 3. The molecule has 0 bridgehead atoms. The topological polar surface area (TPSA) is 123 Å². The van der Waals surface area contributed by atoms with Crippen LogP contribution < -0.4 is 25.0 Å². The van der Waals surface area contributed by atoms with Crippen molar-refractivity contribution in [1.82, 2.24) is 20.0 Å². The first kappa shape index (κ1) is 25.4. The molecule has 36 heavy (non-hydrogen) atoms. The van der Waals surface area contributed by atoms with E-state index in [2.05, 4.69) is 25.6 Å². The van der Waals surface area contributed by atoms with Crippen molar-refractivity contribution < 1.29 is 28.8 Å². The van der Waals surface area contributed by atoms with Crippen LogP contribution in [0.25, 0.3) is 0 Å². The number of aliphatic hydroxyl groups excluding tert-OH is 1. The Balaban J connectivity index is 1.41. The van der Waals surface area contributed by atoms with Gasteiger partial charge in [-0.15, -0.1) is 0 Å². The molecule has 2 atom stereocenters. The van der Waals surface area contributed by atoms with Crippen molar-refractivity contribution >= 4 is 23.1 Å². The lowest BCUT2D eigenvalue weighted by molar-refractivity contribution is -0.349. The number of nitrogens with zero attached hydrogens (tertiary/aromatic N) is 4. The maximum absolute atomic E-state index is 14.6. The summed E-state index contributed by atoms with van der Waals surface area (Å²) in [6.07, 6.45) is 5.13. The van der Waals surface area contributed by atoms with Crippen LogP contribution in [0.5, 0.6) is 17.4 Å². The Bertz CT molecular complexity index is 1170. The highest BCUT2D eigenvalue weighted by Gasteiger charge is 2.26. The number of rotatable bonds is 10. The van der Waals surface area contributed by atoms with E-state index >= 15 is 0 Å². The van der Waals surface area contributed by atoms with E-state index in [1.807, 2.05) is 0 Å². The Morgan fingerprint density at radius 2 is 1.86 bits per heavy atom. The van der Waals surface area contributed by atoms with Gasteiger partial charge >= 0.3 is 0 Å². The number of hydroxylamine groups is 2. The number of nitrogens with one attached hydrogen (secondary N) is 2. The highest BCUT2D eigenvalue weighted by atomic mass is 19.1. The summed E-state index contributed by atoms with van der Waals surface area (Å²) in [6, 6.07) is 8.05. The standard InChI is InChI=1S/C24H29FN6O5/c1-31(2)36-35-20-9-8-15(13-21(20)33-3)29-24-26-11-10-22(30-24)28-16-12-17(25)23(27-14-16)34-19-7-5-4-6-18(19)32/h8-14,18-19,32H,4-7H2,1-3H3,(H2,26,28,29,30)/t18-,19+/m1/s1. The molecule has 3 N–H and O–H groups in total. The van der Waals surface area contributed by atoms with Crippen LogP contribution in [-0.4, -0.2) is 58.5 Å². The summed E-state index contributed by atoms with van der Waals surface area (Å²) in [5.74, 6) is 0.816. The van der Waals surface area contributed by atoms with Crippen LogP contribution in [0.2, 0.25) is 0 Å². The van der Waals surface area contributed by atoms with Gasteiger partial charge < -0.3 is 30.1 Å². The van der Waals surface area contributed by atoms with E-state index in [9.17, 15) is 9.50 Å². The molecule has 12 heteroatoms. The average molecular weight is 501 g/mol. The summed E-state index contributed by atoms with van der Waals surface area (Å²) in [5.41, 5.74) is 1.04. The van der Waals surface area contributed by atoms with Gasteiger partial charge in [0.05, 0.1) is 25.1 Å². The van der Waals surface area contributed by atoms with Crippen molar-refractivity contribution in [3.8, 4) is 17.4 Å². The van der Waals surface area contributed by atoms with E-state index in [1.165, 1.54) is 24.4 Å². The smallest absolute Gasteiger partial charge is 0.250 e. The highest BCUT2D eigenvalue weighted by molar-refractivity contribution is 5.62. The predicted molar refractivity (Wildman–Crippen MR) is 130 cm³/mol. The number of methoxy groups -OCH3 is 1. The molecule has 1 aliphatic rings. The second-order valence-corrected chi connectivity index (χ2v) is 8.37. The van der Waals surface area contributed by atoms with Crippen LogP contribution in [0.4, 0.5) is 27.5 Å². The minimum absolute atomic E-state index is 0.131. The highest BCUT2D eigenvalue weighted by Crippen LogP contribution is 2.31. The minimum Gasteiger partial charge on any atom is -0.493 e. The van der Waals surface area contributed by atoms with Crippen molar-refractivity contribution in [2.75, 3.05) is 31.8 Å². The lowest BCUT2D eigenvalue weighted by atomic mass is 9.95. The van der Waals surface area contributed by atoms with E-state index in [0.29, 0.717) is 47.5 Å². The normalized spacial score (nSPS) is 17.5. The molecule has 11 nitrogen and oxygen atoms in total. The largest absolute Gasteiger partial charge is 0.493 e. The zero-order chi connectivity index (χ0) is 25.5. The third-order valence-corrected chi connectivity index (χ3v) is 5.36. The van der Waals surface area contributed by atoms with E-state index in [4.69, 9.17) is 19.3 Å². The van der Waals surface area contributed by atoms with E-state index in [-0.39, 0.29) is 5.88 Å². The fraction of sp³-hybridized carbons (Fsp3) is 0.375. The van der Waals surface area contributed by atoms with Gasteiger partial charge in [0.2, 0.25) is 11.7 Å². The molecule has 0 unspecified atom stereocenters. The molecule has 1 aromatic carbocycles. The van der Waals surface area contributed by atoms with Gasteiger partial charge in [-0.3, -0.25) is 0 Å². The second kappa shape index (κ2) is 11.8. The summed E-state index contributed by atoms with van der Waals surface area (Å²) >= 11 is 0. The van der Waals surface area contributed by atoms with Crippen LogP contribution in [-0.2, 0) is 4.99 Å². The van der Waals surface area contributed by atoms with Crippen molar-refractivity contribution in [3.63, 3.8) is 0 Å². The predicted octanol–water partition coefficient (Wildman–Crippen LogP) is 3.98. The third kappa shape index (κ3) is 6.68. The van der Waals surface area contributed by atoms with Crippen molar-refractivity contribution in [2.45, 2.75) is 37.9 Å². The lowest BCUT2D eigenvalue weighted by Crippen LogP contribution is -2.35. The molecule has 3 aromatic rings. The van der Waals surface area contributed by atoms with Gasteiger partial charge in [-0.2, -0.15) is 10.0 Å². The first-order chi connectivity index (χ1) is 17.4. The second-order valence-electron chi connectivity index (χ2n) is 8.37. The zero-order valence-corrected chi connectivity index (χ0v) is 20.3. The molecule has 1 fully saturated rings. The summed E-state index contributed by atoms with van der Waals surface area (Å²) in [7, 11) is 4.90. The molecule has 1 aliphatic carbocycles. The number of hydrogen-bond acceptors (Lipinski definition) is 11. The first-order valence-electron chi connectivity index (χ1n) is 11.5. The maximum atomic E-state index is 14.6. The number of pyridine rings is 1. The molecular weight excluding hydrogens is 471 g/mol. The molecule has 4 rings (SSSR count). The monoisotopic (exact) mass is 500 g/mol. The summed E-state index contributed by atoms with van der Waals surface area (Å²) in [5, 5.41) is 17.6. The molecular formula is C24H29FN6O5. The molecule has 2 aromatic heterocycles. The van der Waals surface area contributed by atoms with Gasteiger partial charge in [0.15, 0.2) is 11.6 Å². The van der Waals surface area contributed by atoms with Crippen molar-refractivity contribution in [3.05, 3.63) is 48.5 Å². The van der Waals surface area contributed by atoms with Gasteiger partial charge in [-0.25, -0.2) is 14.4 Å². The number of aliphatic hydroxyl groups is 1. The number of aromatic nitrogens is 3. The minimum atomic E-state index is -0.627. The summed E-state index contributed by atoms with van der Waals surface area (Å²) < 4.78 is 25.6. The van der Waals surface area contributed by atoms with Crippen LogP contribution in [0.3, 0.4) is 0 Å². The molecule has 192 valence electrons. The van der Waals surface area contributed by atoms with Crippen molar-refractivity contribution in [2.24, 2.45) is 0 Å². The van der Waals surface area contributed by atoms with Gasteiger partial charge in [0.25, 0.3) is 5.88 Å². The van der Waals surface area contributed by atoms with Crippen LogP contribution >= 0.6 is 0 Å². The number of halogens is 1. The Hall–Kier alpha value is -3.74. The van der Waals surface area contributed by atoms with E-state index < -0.39 is 18.0 Å². The van der Waals surface area contributed by atoms with E-state index in [1.54, 1.807) is 44.6 Å². The van der Waals surface area contributed by atoms with Gasteiger partial charge in [0, 0.05) is 38.1 Å². The summed E-state index contributed by atoms with van der Waals surface area (Å²) in [4.78, 5) is 22.9. The fourth-order valence-corrected chi connectivity index (χ4v) is 3.63. The molecule has 0 aliphatic heterocycles. The Kier molecular flexibility index (Phi) is 8.31. The van der Waals surface area contributed by atoms with Crippen LogP contribution in [0, 0.1) is 5.82 Å². The molecule has 0 saturated heterocycles. The summed E-state index contributed by atoms with van der Waals surface area (Å²) in [6.45, 7) is 0. The third-order valence-electron chi connectivity index (χ3n) is 5.36. The average Bonchev–Trinajstić information content (AvgIpc) is 2.86. The Morgan fingerprint density at radius 1 is 1.03 bits per heavy atom. The van der Waals surface area contributed by atoms with Gasteiger partial charge in [-0.05, 0) is 37.5 Å². The lowest BCUT2D eigenvalue weighted by Gasteiger charge is -2.27. The fourth-order valence-electron chi connectivity index (χ4n) is 3.63. The maximum Gasteiger partial charge on any atom is 0.250 e. The van der Waals surface area contributed by atoms with Gasteiger partial charge in [0.1, 0.15) is 11.9 Å². The molecule has 1 saturated carbocycles. The van der Waals surface area contributed by atoms with Crippen LogP contribution in [0.1, 0.15) is 25.7 Å². The van der Waals surface area contributed by atoms with Gasteiger partial charge in [-0.1, -0.05) is 11.4 Å². The first-order valence-corrected chi connectivity index (χ1v) is 11.5.